The molecule has 0 amide bonds. The van der Waals surface area contributed by atoms with Gasteiger partial charge >= 0.3 is 0 Å². The Labute approximate surface area is 106 Å². The molecule has 1 aromatic heterocycles. The maximum Gasteiger partial charge on any atom is 0.282 e. The van der Waals surface area contributed by atoms with Crippen molar-refractivity contribution in [1.29, 1.82) is 0 Å². The summed E-state index contributed by atoms with van der Waals surface area (Å²) >= 11 is 0. The second-order valence-corrected chi connectivity index (χ2v) is 5.54. The van der Waals surface area contributed by atoms with Crippen LogP contribution in [-0.2, 0) is 10.0 Å². The zero-order valence-corrected chi connectivity index (χ0v) is 11.0. The van der Waals surface area contributed by atoms with Gasteiger partial charge < -0.3 is 4.74 Å². The van der Waals surface area contributed by atoms with Crippen LogP contribution < -0.4 is 4.74 Å². The highest BCUT2D eigenvalue weighted by Crippen LogP contribution is 2.22. The van der Waals surface area contributed by atoms with E-state index in [0.29, 0.717) is 12.4 Å². The normalized spacial score (nSPS) is 11.4. The third-order valence-electron chi connectivity index (χ3n) is 2.47. The zero-order chi connectivity index (χ0) is 13.2. The molecule has 0 spiro atoms. The van der Waals surface area contributed by atoms with Crippen LogP contribution in [0, 0.1) is 6.92 Å². The van der Waals surface area contributed by atoms with Crippen LogP contribution in [0.25, 0.3) is 0 Å². The van der Waals surface area contributed by atoms with E-state index in [1.807, 2.05) is 13.8 Å². The molecule has 96 valence electrons. The van der Waals surface area contributed by atoms with Crippen molar-refractivity contribution in [2.24, 2.45) is 0 Å². The van der Waals surface area contributed by atoms with Gasteiger partial charge in [-0.05, 0) is 43.7 Å². The Balaban J connectivity index is 2.44. The molecule has 6 heteroatoms. The number of aryl methyl sites for hydroxylation is 1. The molecule has 2 rings (SSSR count). The highest BCUT2D eigenvalue weighted by molar-refractivity contribution is 7.89. The lowest BCUT2D eigenvalue weighted by Gasteiger charge is -2.09. The average molecular weight is 266 g/mol. The number of benzene rings is 1. The van der Waals surface area contributed by atoms with Crippen molar-refractivity contribution >= 4 is 10.0 Å². The van der Waals surface area contributed by atoms with E-state index < -0.39 is 10.0 Å². The number of aromatic nitrogens is 2. The molecule has 0 aliphatic rings. The van der Waals surface area contributed by atoms with Crippen molar-refractivity contribution in [2.75, 3.05) is 6.61 Å². The zero-order valence-electron chi connectivity index (χ0n) is 10.2. The van der Waals surface area contributed by atoms with Gasteiger partial charge in [-0.2, -0.15) is 17.6 Å². The third kappa shape index (κ3) is 2.24. The molecule has 0 aliphatic carbocycles. The van der Waals surface area contributed by atoms with Crippen molar-refractivity contribution in [2.45, 2.75) is 18.7 Å². The molecule has 0 fully saturated rings. The lowest BCUT2D eigenvalue weighted by molar-refractivity contribution is 0.337. The molecule has 0 N–H and O–H groups in total. The van der Waals surface area contributed by atoms with E-state index in [9.17, 15) is 8.42 Å². The van der Waals surface area contributed by atoms with E-state index >= 15 is 0 Å². The highest BCUT2D eigenvalue weighted by Gasteiger charge is 2.17. The number of hydrogen-bond acceptors (Lipinski definition) is 4. The average Bonchev–Trinajstić information content (AvgIpc) is 2.86. The van der Waals surface area contributed by atoms with Crippen LogP contribution in [0.15, 0.2) is 41.6 Å². The Kier molecular flexibility index (Phi) is 3.38. The van der Waals surface area contributed by atoms with E-state index in [-0.39, 0.29) is 4.90 Å². The number of rotatable bonds is 4. The van der Waals surface area contributed by atoms with Crippen molar-refractivity contribution in [3.8, 4) is 5.75 Å². The largest absolute Gasteiger partial charge is 0.494 e. The summed E-state index contributed by atoms with van der Waals surface area (Å²) in [5.41, 5.74) is 0.782. The second kappa shape index (κ2) is 4.81. The summed E-state index contributed by atoms with van der Waals surface area (Å²) in [4.78, 5) is 0.201. The van der Waals surface area contributed by atoms with Gasteiger partial charge in [-0.1, -0.05) is 0 Å². The SMILES string of the molecule is CCOc1ccc(S(=O)(=O)n2cccn2)cc1C. The molecular formula is C12H14N2O3S. The van der Waals surface area contributed by atoms with Gasteiger partial charge in [0.1, 0.15) is 5.75 Å². The maximum absolute atomic E-state index is 12.2. The molecule has 5 nitrogen and oxygen atoms in total. The molecule has 0 unspecified atom stereocenters. The maximum atomic E-state index is 12.2. The summed E-state index contributed by atoms with van der Waals surface area (Å²) in [6.45, 7) is 4.24. The number of nitrogens with zero attached hydrogens (tertiary/aromatic N) is 2. The Bertz CT molecular complexity index is 633. The molecule has 0 atom stereocenters. The summed E-state index contributed by atoms with van der Waals surface area (Å²) in [6, 6.07) is 6.34. The first-order chi connectivity index (χ1) is 8.55. The van der Waals surface area contributed by atoms with Gasteiger partial charge in [-0.25, -0.2) is 0 Å². The van der Waals surface area contributed by atoms with Crippen molar-refractivity contribution < 1.29 is 13.2 Å². The molecule has 1 aromatic carbocycles. The minimum Gasteiger partial charge on any atom is -0.494 e. The van der Waals surface area contributed by atoms with Gasteiger partial charge in [0.2, 0.25) is 0 Å². The standard InChI is InChI=1S/C12H14N2O3S/c1-3-17-12-6-5-11(9-10(12)2)18(15,16)14-8-4-7-13-14/h4-9H,3H2,1-2H3. The first-order valence-corrected chi connectivity index (χ1v) is 6.98. The Morgan fingerprint density at radius 1 is 1.39 bits per heavy atom. The van der Waals surface area contributed by atoms with Crippen LogP contribution >= 0.6 is 0 Å². The van der Waals surface area contributed by atoms with Gasteiger partial charge in [0.25, 0.3) is 10.0 Å². The Morgan fingerprint density at radius 2 is 2.17 bits per heavy atom. The van der Waals surface area contributed by atoms with Crippen LogP contribution in [0.2, 0.25) is 0 Å². The van der Waals surface area contributed by atoms with E-state index in [1.165, 1.54) is 18.5 Å². The molecule has 2 aromatic rings. The van der Waals surface area contributed by atoms with Crippen LogP contribution in [0.1, 0.15) is 12.5 Å². The summed E-state index contributed by atoms with van der Waals surface area (Å²) in [6.07, 6.45) is 2.83. The van der Waals surface area contributed by atoms with Crippen molar-refractivity contribution in [1.82, 2.24) is 9.19 Å². The minimum atomic E-state index is -3.60. The van der Waals surface area contributed by atoms with Crippen LogP contribution in [0.5, 0.6) is 5.75 Å². The fourth-order valence-electron chi connectivity index (χ4n) is 1.60. The fourth-order valence-corrected chi connectivity index (χ4v) is 2.80. The van der Waals surface area contributed by atoms with Gasteiger partial charge in [0.05, 0.1) is 17.7 Å². The van der Waals surface area contributed by atoms with Crippen LogP contribution in [0.3, 0.4) is 0 Å². The lowest BCUT2D eigenvalue weighted by atomic mass is 10.2. The molecule has 0 bridgehead atoms. The Hall–Kier alpha value is -1.82. The van der Waals surface area contributed by atoms with Gasteiger partial charge in [0.15, 0.2) is 0 Å². The summed E-state index contributed by atoms with van der Waals surface area (Å²) in [5.74, 6) is 0.692. The van der Waals surface area contributed by atoms with Gasteiger partial charge in [0, 0.05) is 6.20 Å². The van der Waals surface area contributed by atoms with E-state index in [1.54, 1.807) is 18.2 Å². The molecule has 18 heavy (non-hydrogen) atoms. The smallest absolute Gasteiger partial charge is 0.282 e. The third-order valence-corrected chi connectivity index (χ3v) is 4.03. The minimum absolute atomic E-state index is 0.201. The predicted molar refractivity (Wildman–Crippen MR) is 67.2 cm³/mol. The first-order valence-electron chi connectivity index (χ1n) is 5.54. The molecule has 0 radical (unpaired) electrons. The van der Waals surface area contributed by atoms with E-state index in [2.05, 4.69) is 5.10 Å². The highest BCUT2D eigenvalue weighted by atomic mass is 32.2. The van der Waals surface area contributed by atoms with Crippen molar-refractivity contribution in [3.05, 3.63) is 42.2 Å². The topological polar surface area (TPSA) is 61.2 Å². The van der Waals surface area contributed by atoms with Crippen LogP contribution in [-0.4, -0.2) is 24.2 Å². The first kappa shape index (κ1) is 12.6. The number of hydrogen-bond donors (Lipinski definition) is 0. The molecule has 1 heterocycles. The van der Waals surface area contributed by atoms with Gasteiger partial charge in [-0.3, -0.25) is 0 Å². The van der Waals surface area contributed by atoms with Crippen molar-refractivity contribution in [3.63, 3.8) is 0 Å². The summed E-state index contributed by atoms with van der Waals surface area (Å²) in [5, 5.41) is 3.75. The molecule has 0 saturated carbocycles. The molecule has 0 saturated heterocycles. The lowest BCUT2D eigenvalue weighted by Crippen LogP contribution is -2.13. The second-order valence-electron chi connectivity index (χ2n) is 3.74. The van der Waals surface area contributed by atoms with Gasteiger partial charge in [-0.15, -0.1) is 0 Å². The summed E-state index contributed by atoms with van der Waals surface area (Å²) in [7, 11) is -3.60. The predicted octanol–water partition coefficient (Wildman–Crippen LogP) is 1.83. The quantitative estimate of drug-likeness (QED) is 0.847. The fraction of sp³-hybridized carbons (Fsp3) is 0.250. The van der Waals surface area contributed by atoms with E-state index in [4.69, 9.17) is 4.74 Å². The monoisotopic (exact) mass is 266 g/mol. The molecule has 0 aliphatic heterocycles. The Morgan fingerprint density at radius 3 is 2.72 bits per heavy atom. The van der Waals surface area contributed by atoms with E-state index in [0.717, 1.165) is 9.65 Å². The van der Waals surface area contributed by atoms with Crippen LogP contribution in [0.4, 0.5) is 0 Å². The number of ether oxygens (including phenoxy) is 1. The molecular weight excluding hydrogens is 252 g/mol. The summed E-state index contributed by atoms with van der Waals surface area (Å²) < 4.78 is 30.7.